The molecule has 5 nitrogen and oxygen atoms in total. The minimum Gasteiger partial charge on any atom is -0.323 e. The van der Waals surface area contributed by atoms with Crippen LogP contribution in [0.5, 0.6) is 0 Å². The number of hydrogen-bond donors (Lipinski definition) is 1. The number of aryl methyl sites for hydroxylation is 1. The average molecular weight is 293 g/mol. The smallest absolute Gasteiger partial charge is 0.323 e. The molecular formula is C14H19N3O2S. The van der Waals surface area contributed by atoms with Crippen LogP contribution in [0.15, 0.2) is 5.38 Å². The molecule has 0 aromatic carbocycles. The predicted octanol–water partition coefficient (Wildman–Crippen LogP) is 2.45. The van der Waals surface area contributed by atoms with E-state index in [0.29, 0.717) is 0 Å². The van der Waals surface area contributed by atoms with Gasteiger partial charge in [0.15, 0.2) is 0 Å². The first-order valence-electron chi connectivity index (χ1n) is 7.08. The van der Waals surface area contributed by atoms with E-state index in [4.69, 9.17) is 0 Å². The number of amides is 3. The summed E-state index contributed by atoms with van der Waals surface area (Å²) >= 11 is 1.54. The van der Waals surface area contributed by atoms with Crippen LogP contribution in [0, 0.1) is 12.8 Å². The van der Waals surface area contributed by atoms with Gasteiger partial charge >= 0.3 is 6.03 Å². The summed E-state index contributed by atoms with van der Waals surface area (Å²) in [5.41, 5.74) is 0.122. The Hall–Kier alpha value is -1.43. The van der Waals surface area contributed by atoms with Gasteiger partial charge in [-0.15, -0.1) is 11.3 Å². The summed E-state index contributed by atoms with van der Waals surface area (Å²) in [6.45, 7) is 4.27. The molecule has 1 N–H and O–H groups in total. The van der Waals surface area contributed by atoms with Gasteiger partial charge in [0.05, 0.1) is 17.2 Å². The van der Waals surface area contributed by atoms with Crippen LogP contribution < -0.4 is 5.32 Å². The number of hydrogen-bond acceptors (Lipinski definition) is 4. The summed E-state index contributed by atoms with van der Waals surface area (Å²) in [6, 6.07) is -0.269. The molecule has 1 spiro atoms. The molecule has 2 fully saturated rings. The van der Waals surface area contributed by atoms with Crippen molar-refractivity contribution in [1.82, 2.24) is 15.2 Å². The summed E-state index contributed by atoms with van der Waals surface area (Å²) in [5.74, 6) is 0.134. The molecule has 1 saturated carbocycles. The number of urea groups is 1. The summed E-state index contributed by atoms with van der Waals surface area (Å²) in [6.07, 6.45) is 3.89. The number of imide groups is 1. The van der Waals surface area contributed by atoms with Gasteiger partial charge in [-0.2, -0.15) is 0 Å². The Labute approximate surface area is 122 Å². The van der Waals surface area contributed by atoms with Gasteiger partial charge in [0.25, 0.3) is 5.91 Å². The Bertz CT molecular complexity index is 556. The highest BCUT2D eigenvalue weighted by atomic mass is 32.1. The topological polar surface area (TPSA) is 62.3 Å². The van der Waals surface area contributed by atoms with Gasteiger partial charge in [-0.3, -0.25) is 9.69 Å². The van der Waals surface area contributed by atoms with Crippen LogP contribution in [-0.2, 0) is 11.3 Å². The molecule has 3 rings (SSSR count). The molecule has 6 heteroatoms. The molecule has 108 valence electrons. The first kappa shape index (κ1) is 13.5. The molecule has 1 aromatic heterocycles. The molecule has 0 bridgehead atoms. The maximum absolute atomic E-state index is 12.7. The zero-order chi connectivity index (χ0) is 14.3. The fourth-order valence-electron chi connectivity index (χ4n) is 3.28. The monoisotopic (exact) mass is 293 g/mol. The number of carbonyl (C=O) groups excluding carboxylic acids is 2. The number of rotatable bonds is 2. The van der Waals surface area contributed by atoms with Crippen LogP contribution in [-0.4, -0.2) is 27.4 Å². The van der Waals surface area contributed by atoms with Crippen molar-refractivity contribution in [2.24, 2.45) is 5.92 Å². The molecule has 20 heavy (non-hydrogen) atoms. The number of carbonyl (C=O) groups is 2. The van der Waals surface area contributed by atoms with Crippen molar-refractivity contribution >= 4 is 23.3 Å². The third-order valence-electron chi connectivity index (χ3n) is 4.49. The third kappa shape index (κ3) is 2.02. The van der Waals surface area contributed by atoms with E-state index in [9.17, 15) is 9.59 Å². The van der Waals surface area contributed by atoms with Crippen LogP contribution in [0.1, 0.15) is 43.3 Å². The maximum atomic E-state index is 12.7. The third-order valence-corrected chi connectivity index (χ3v) is 5.31. The number of thiazole rings is 1. The SMILES string of the molecule is Cc1nc(CN2C(=O)N[C@]3(CCCC[C@@H]3C)C2=O)cs1. The second kappa shape index (κ2) is 4.84. The highest BCUT2D eigenvalue weighted by Crippen LogP contribution is 2.38. The van der Waals surface area contributed by atoms with E-state index in [2.05, 4.69) is 17.2 Å². The summed E-state index contributed by atoms with van der Waals surface area (Å²) < 4.78 is 0. The zero-order valence-corrected chi connectivity index (χ0v) is 12.6. The Balaban J connectivity index is 1.83. The predicted molar refractivity (Wildman–Crippen MR) is 76.3 cm³/mol. The van der Waals surface area contributed by atoms with Gasteiger partial charge < -0.3 is 5.32 Å². The van der Waals surface area contributed by atoms with Crippen LogP contribution in [0.25, 0.3) is 0 Å². The summed E-state index contributed by atoms with van der Waals surface area (Å²) in [7, 11) is 0. The molecule has 1 aliphatic heterocycles. The molecule has 2 heterocycles. The van der Waals surface area contributed by atoms with Crippen molar-refractivity contribution in [3.8, 4) is 0 Å². The summed E-state index contributed by atoms with van der Waals surface area (Å²) in [4.78, 5) is 30.6. The largest absolute Gasteiger partial charge is 0.325 e. The quantitative estimate of drug-likeness (QED) is 0.852. The Morgan fingerprint density at radius 3 is 2.95 bits per heavy atom. The molecule has 1 saturated heterocycles. The van der Waals surface area contributed by atoms with E-state index in [1.165, 1.54) is 16.2 Å². The molecule has 2 atom stereocenters. The van der Waals surface area contributed by atoms with Gasteiger partial charge in [0.2, 0.25) is 0 Å². The maximum Gasteiger partial charge on any atom is 0.325 e. The molecule has 2 aliphatic rings. The number of aromatic nitrogens is 1. The van der Waals surface area contributed by atoms with Crippen LogP contribution in [0.3, 0.4) is 0 Å². The van der Waals surface area contributed by atoms with E-state index in [0.717, 1.165) is 36.4 Å². The normalized spacial score (nSPS) is 30.1. The van der Waals surface area contributed by atoms with Crippen molar-refractivity contribution < 1.29 is 9.59 Å². The standard InChI is InChI=1S/C14H19N3O2S/c1-9-5-3-4-6-14(9)12(18)17(13(19)16-14)7-11-8-20-10(2)15-11/h8-9H,3-7H2,1-2H3,(H,16,19)/t9-,14-/m0/s1. The minimum absolute atomic E-state index is 0.0691. The first-order chi connectivity index (χ1) is 9.53. The minimum atomic E-state index is -0.666. The lowest BCUT2D eigenvalue weighted by molar-refractivity contribution is -0.134. The van der Waals surface area contributed by atoms with Crippen molar-refractivity contribution in [2.75, 3.05) is 0 Å². The molecule has 0 unspecified atom stereocenters. The Morgan fingerprint density at radius 1 is 1.50 bits per heavy atom. The second-order valence-electron chi connectivity index (χ2n) is 5.80. The van der Waals surface area contributed by atoms with Gasteiger partial charge in [-0.25, -0.2) is 9.78 Å². The van der Waals surface area contributed by atoms with Crippen LogP contribution >= 0.6 is 11.3 Å². The van der Waals surface area contributed by atoms with Crippen molar-refractivity contribution in [3.63, 3.8) is 0 Å². The second-order valence-corrected chi connectivity index (χ2v) is 6.86. The van der Waals surface area contributed by atoms with E-state index < -0.39 is 5.54 Å². The Kier molecular flexibility index (Phi) is 3.28. The van der Waals surface area contributed by atoms with E-state index in [1.54, 1.807) is 0 Å². The lowest BCUT2D eigenvalue weighted by atomic mass is 9.73. The van der Waals surface area contributed by atoms with E-state index in [-0.39, 0.29) is 24.4 Å². The lowest BCUT2D eigenvalue weighted by Crippen LogP contribution is -2.53. The fraction of sp³-hybridized carbons (Fsp3) is 0.643. The summed E-state index contributed by atoms with van der Waals surface area (Å²) in [5, 5.41) is 5.82. The Morgan fingerprint density at radius 2 is 2.30 bits per heavy atom. The first-order valence-corrected chi connectivity index (χ1v) is 7.96. The van der Waals surface area contributed by atoms with Crippen LogP contribution in [0.2, 0.25) is 0 Å². The molecule has 3 amide bonds. The van der Waals surface area contributed by atoms with Crippen LogP contribution in [0.4, 0.5) is 4.79 Å². The lowest BCUT2D eigenvalue weighted by Gasteiger charge is -2.36. The van der Waals surface area contributed by atoms with Crippen molar-refractivity contribution in [1.29, 1.82) is 0 Å². The average Bonchev–Trinajstić information content (AvgIpc) is 2.92. The number of nitrogens with zero attached hydrogens (tertiary/aromatic N) is 2. The van der Waals surface area contributed by atoms with Crippen molar-refractivity contribution in [3.05, 3.63) is 16.1 Å². The van der Waals surface area contributed by atoms with E-state index >= 15 is 0 Å². The van der Waals surface area contributed by atoms with Gasteiger partial charge in [-0.05, 0) is 25.7 Å². The zero-order valence-electron chi connectivity index (χ0n) is 11.8. The van der Waals surface area contributed by atoms with Gasteiger partial charge in [0.1, 0.15) is 5.54 Å². The van der Waals surface area contributed by atoms with E-state index in [1.807, 2.05) is 12.3 Å². The molecule has 1 aliphatic carbocycles. The van der Waals surface area contributed by atoms with Gasteiger partial charge in [0, 0.05) is 5.38 Å². The fourth-order valence-corrected chi connectivity index (χ4v) is 3.89. The van der Waals surface area contributed by atoms with Gasteiger partial charge in [-0.1, -0.05) is 19.8 Å². The van der Waals surface area contributed by atoms with Crippen molar-refractivity contribution in [2.45, 2.75) is 51.6 Å². The molecule has 0 radical (unpaired) electrons. The highest BCUT2D eigenvalue weighted by Gasteiger charge is 2.54. The molecule has 1 aromatic rings. The highest BCUT2D eigenvalue weighted by molar-refractivity contribution is 7.09. The number of nitrogens with one attached hydrogen (secondary N) is 1. The molecular weight excluding hydrogens is 274 g/mol.